The molecule has 128 valence electrons. The number of rotatable bonds is 6. The second-order valence-electron chi connectivity index (χ2n) is 5.67. The van der Waals surface area contributed by atoms with Gasteiger partial charge in [-0.1, -0.05) is 29.8 Å². The predicted octanol–water partition coefficient (Wildman–Crippen LogP) is 1.04. The fourth-order valence-corrected chi connectivity index (χ4v) is 1.94. The molecule has 0 spiro atoms. The minimum atomic E-state index is -0.301. The molecule has 0 atom stereocenters. The molecule has 1 aromatic carbocycles. The van der Waals surface area contributed by atoms with Gasteiger partial charge in [-0.2, -0.15) is 9.90 Å². The standard InChI is InChI=1S/C16H22N6O2/c1-12-4-6-13(7-5-12)8-9-17-15(23)11-22-18-10-14(20-22)19-16(24)21(2)3/h4-7,10H,8-9,11H2,1-3H3,(H,17,23)(H,19,20,24). The Kier molecular flexibility index (Phi) is 5.89. The zero-order chi connectivity index (χ0) is 17.5. The van der Waals surface area contributed by atoms with Crippen molar-refractivity contribution < 1.29 is 9.59 Å². The lowest BCUT2D eigenvalue weighted by molar-refractivity contribution is -0.122. The lowest BCUT2D eigenvalue weighted by Gasteiger charge is -2.09. The molecule has 24 heavy (non-hydrogen) atoms. The first-order valence-corrected chi connectivity index (χ1v) is 7.65. The molecule has 0 fully saturated rings. The number of aromatic nitrogens is 3. The van der Waals surface area contributed by atoms with Crippen molar-refractivity contribution in [2.45, 2.75) is 19.9 Å². The first-order valence-electron chi connectivity index (χ1n) is 7.65. The zero-order valence-electron chi connectivity index (χ0n) is 14.1. The summed E-state index contributed by atoms with van der Waals surface area (Å²) in [6.07, 6.45) is 2.17. The van der Waals surface area contributed by atoms with Crippen LogP contribution in [-0.4, -0.2) is 52.5 Å². The van der Waals surface area contributed by atoms with Crippen molar-refractivity contribution in [2.75, 3.05) is 26.0 Å². The van der Waals surface area contributed by atoms with Crippen LogP contribution in [0.2, 0.25) is 0 Å². The molecule has 0 bridgehead atoms. The van der Waals surface area contributed by atoms with Crippen LogP contribution in [-0.2, 0) is 17.8 Å². The van der Waals surface area contributed by atoms with E-state index in [0.717, 1.165) is 6.42 Å². The van der Waals surface area contributed by atoms with Crippen molar-refractivity contribution in [3.63, 3.8) is 0 Å². The van der Waals surface area contributed by atoms with Gasteiger partial charge in [-0.25, -0.2) is 4.79 Å². The Labute approximate surface area is 140 Å². The van der Waals surface area contributed by atoms with E-state index in [-0.39, 0.29) is 18.5 Å². The zero-order valence-corrected chi connectivity index (χ0v) is 14.1. The molecule has 0 aliphatic carbocycles. The first kappa shape index (κ1) is 17.5. The van der Waals surface area contributed by atoms with Crippen molar-refractivity contribution in [1.82, 2.24) is 25.2 Å². The van der Waals surface area contributed by atoms with Gasteiger partial charge in [-0.3, -0.25) is 10.1 Å². The van der Waals surface area contributed by atoms with E-state index in [4.69, 9.17) is 0 Å². The Morgan fingerprint density at radius 3 is 2.58 bits per heavy atom. The van der Waals surface area contributed by atoms with E-state index in [1.807, 2.05) is 19.1 Å². The maximum absolute atomic E-state index is 11.9. The number of carbonyl (C=O) groups is 2. The van der Waals surface area contributed by atoms with Crippen molar-refractivity contribution in [3.8, 4) is 0 Å². The highest BCUT2D eigenvalue weighted by molar-refractivity contribution is 5.87. The Morgan fingerprint density at radius 1 is 1.21 bits per heavy atom. The maximum Gasteiger partial charge on any atom is 0.322 e. The second kappa shape index (κ2) is 8.09. The molecule has 0 saturated carbocycles. The van der Waals surface area contributed by atoms with Crippen LogP contribution >= 0.6 is 0 Å². The number of anilines is 1. The molecule has 2 aromatic rings. The van der Waals surface area contributed by atoms with Crippen LogP contribution in [0, 0.1) is 6.92 Å². The maximum atomic E-state index is 11.9. The highest BCUT2D eigenvalue weighted by Gasteiger charge is 2.09. The summed E-state index contributed by atoms with van der Waals surface area (Å²) in [4.78, 5) is 26.0. The van der Waals surface area contributed by atoms with Gasteiger partial charge >= 0.3 is 6.03 Å². The highest BCUT2D eigenvalue weighted by Crippen LogP contribution is 2.03. The molecular formula is C16H22N6O2. The lowest BCUT2D eigenvalue weighted by atomic mass is 10.1. The van der Waals surface area contributed by atoms with Gasteiger partial charge in [0, 0.05) is 20.6 Å². The molecule has 0 aliphatic rings. The third-order valence-corrected chi connectivity index (χ3v) is 3.32. The summed E-state index contributed by atoms with van der Waals surface area (Å²) in [5.74, 6) is 0.129. The average molecular weight is 330 g/mol. The summed E-state index contributed by atoms with van der Waals surface area (Å²) >= 11 is 0. The van der Waals surface area contributed by atoms with Crippen molar-refractivity contribution in [3.05, 3.63) is 41.6 Å². The SMILES string of the molecule is Cc1ccc(CCNC(=O)Cn2ncc(NC(=O)N(C)C)n2)cc1. The first-order chi connectivity index (χ1) is 11.4. The van der Waals surface area contributed by atoms with Gasteiger partial charge in [-0.15, -0.1) is 5.10 Å². The summed E-state index contributed by atoms with van der Waals surface area (Å²) in [6.45, 7) is 2.59. The van der Waals surface area contributed by atoms with Crippen LogP contribution < -0.4 is 10.6 Å². The monoisotopic (exact) mass is 330 g/mol. The fourth-order valence-electron chi connectivity index (χ4n) is 1.94. The van der Waals surface area contributed by atoms with E-state index in [1.54, 1.807) is 14.1 Å². The number of hydrogen-bond acceptors (Lipinski definition) is 4. The largest absolute Gasteiger partial charge is 0.354 e. The van der Waals surface area contributed by atoms with E-state index in [1.165, 1.54) is 27.0 Å². The summed E-state index contributed by atoms with van der Waals surface area (Å²) < 4.78 is 0. The lowest BCUT2D eigenvalue weighted by Crippen LogP contribution is -2.30. The van der Waals surface area contributed by atoms with Crippen LogP contribution in [0.15, 0.2) is 30.5 Å². The van der Waals surface area contributed by atoms with Crippen molar-refractivity contribution in [1.29, 1.82) is 0 Å². The van der Waals surface area contributed by atoms with Gasteiger partial charge in [0.05, 0.1) is 6.20 Å². The van der Waals surface area contributed by atoms with E-state index >= 15 is 0 Å². The van der Waals surface area contributed by atoms with E-state index in [9.17, 15) is 9.59 Å². The molecule has 2 N–H and O–H groups in total. The number of benzene rings is 1. The molecule has 3 amide bonds. The van der Waals surface area contributed by atoms with Crippen LogP contribution in [0.25, 0.3) is 0 Å². The van der Waals surface area contributed by atoms with Crippen LogP contribution in [0.4, 0.5) is 10.6 Å². The van der Waals surface area contributed by atoms with Gasteiger partial charge in [0.15, 0.2) is 5.82 Å². The van der Waals surface area contributed by atoms with Crippen LogP contribution in [0.5, 0.6) is 0 Å². The van der Waals surface area contributed by atoms with Gasteiger partial charge in [-0.05, 0) is 18.9 Å². The Balaban J connectivity index is 1.75. The second-order valence-corrected chi connectivity index (χ2v) is 5.67. The van der Waals surface area contributed by atoms with Gasteiger partial charge in [0.1, 0.15) is 6.54 Å². The molecule has 0 aliphatic heterocycles. The van der Waals surface area contributed by atoms with E-state index < -0.39 is 0 Å². The molecule has 8 nitrogen and oxygen atoms in total. The third kappa shape index (κ3) is 5.38. The number of aryl methyl sites for hydroxylation is 1. The summed E-state index contributed by atoms with van der Waals surface area (Å²) in [6, 6.07) is 7.90. The summed E-state index contributed by atoms with van der Waals surface area (Å²) in [5, 5.41) is 13.4. The van der Waals surface area contributed by atoms with E-state index in [2.05, 4.69) is 33.0 Å². The number of nitrogens with one attached hydrogen (secondary N) is 2. The number of amides is 3. The minimum absolute atomic E-state index is 0.00569. The Bertz CT molecular complexity index is 693. The minimum Gasteiger partial charge on any atom is -0.354 e. The normalized spacial score (nSPS) is 10.3. The van der Waals surface area contributed by atoms with Gasteiger partial charge in [0.2, 0.25) is 5.91 Å². The van der Waals surface area contributed by atoms with Gasteiger partial charge in [0.25, 0.3) is 0 Å². The Hall–Kier alpha value is -2.90. The number of nitrogens with zero attached hydrogens (tertiary/aromatic N) is 4. The molecule has 2 rings (SSSR count). The smallest absolute Gasteiger partial charge is 0.322 e. The molecule has 1 aromatic heterocycles. The summed E-state index contributed by atoms with van der Waals surface area (Å²) in [5.41, 5.74) is 2.39. The van der Waals surface area contributed by atoms with Crippen molar-refractivity contribution in [2.24, 2.45) is 0 Å². The molecule has 0 unspecified atom stereocenters. The third-order valence-electron chi connectivity index (χ3n) is 3.32. The van der Waals surface area contributed by atoms with Crippen LogP contribution in [0.1, 0.15) is 11.1 Å². The topological polar surface area (TPSA) is 92.2 Å². The predicted molar refractivity (Wildman–Crippen MR) is 90.6 cm³/mol. The molecule has 1 heterocycles. The number of carbonyl (C=O) groups excluding carboxylic acids is 2. The highest BCUT2D eigenvalue weighted by atomic mass is 16.2. The molecule has 8 heteroatoms. The number of hydrogen-bond donors (Lipinski definition) is 2. The fraction of sp³-hybridized carbons (Fsp3) is 0.375. The molecule has 0 radical (unpaired) electrons. The molecule has 0 saturated heterocycles. The number of urea groups is 1. The van der Waals surface area contributed by atoms with Gasteiger partial charge < -0.3 is 10.2 Å². The quantitative estimate of drug-likeness (QED) is 0.828. The summed E-state index contributed by atoms with van der Waals surface area (Å²) in [7, 11) is 3.25. The van der Waals surface area contributed by atoms with E-state index in [0.29, 0.717) is 12.4 Å². The van der Waals surface area contributed by atoms with Crippen LogP contribution in [0.3, 0.4) is 0 Å². The molecular weight excluding hydrogens is 308 g/mol. The Morgan fingerprint density at radius 2 is 1.92 bits per heavy atom. The average Bonchev–Trinajstić information content (AvgIpc) is 2.96. The van der Waals surface area contributed by atoms with Crippen molar-refractivity contribution >= 4 is 17.8 Å².